The number of nitrogens with one attached hydrogen (secondary N) is 1. The fourth-order valence-electron chi connectivity index (χ4n) is 2.43. The Labute approximate surface area is 150 Å². The van der Waals surface area contributed by atoms with Crippen molar-refractivity contribution in [3.63, 3.8) is 0 Å². The van der Waals surface area contributed by atoms with Gasteiger partial charge < -0.3 is 9.72 Å². The van der Waals surface area contributed by atoms with Crippen molar-refractivity contribution in [2.75, 3.05) is 0 Å². The van der Waals surface area contributed by atoms with E-state index in [1.54, 1.807) is 35.6 Å². The van der Waals surface area contributed by atoms with E-state index in [-0.39, 0.29) is 17.9 Å². The number of carbonyl (C=O) groups excluding carboxylic acids is 1. The van der Waals surface area contributed by atoms with Gasteiger partial charge >= 0.3 is 5.97 Å². The van der Waals surface area contributed by atoms with Crippen LogP contribution < -0.4 is 5.56 Å². The molecule has 0 atom stereocenters. The highest BCUT2D eigenvalue weighted by Crippen LogP contribution is 2.26. The van der Waals surface area contributed by atoms with Crippen LogP contribution in [0.5, 0.6) is 0 Å². The maximum atomic E-state index is 12.2. The molecule has 0 saturated heterocycles. The van der Waals surface area contributed by atoms with Crippen LogP contribution in [0.15, 0.2) is 57.3 Å². The van der Waals surface area contributed by atoms with Gasteiger partial charge in [0.15, 0.2) is 0 Å². The molecule has 4 aromatic rings. The van der Waals surface area contributed by atoms with Gasteiger partial charge in [0, 0.05) is 21.7 Å². The monoisotopic (exact) mass is 368 g/mol. The molecule has 0 spiro atoms. The van der Waals surface area contributed by atoms with E-state index in [0.29, 0.717) is 16.5 Å². The van der Waals surface area contributed by atoms with Crippen LogP contribution in [0, 0.1) is 0 Å². The molecular formula is C18H12N2O3S2. The molecule has 0 amide bonds. The minimum atomic E-state index is -0.576. The van der Waals surface area contributed by atoms with Gasteiger partial charge in [-0.15, -0.1) is 11.3 Å². The second-order valence-electron chi connectivity index (χ2n) is 5.33. The van der Waals surface area contributed by atoms with Crippen LogP contribution >= 0.6 is 22.7 Å². The van der Waals surface area contributed by atoms with Crippen LogP contribution in [0.2, 0.25) is 0 Å². The topological polar surface area (TPSA) is 72.0 Å². The maximum Gasteiger partial charge on any atom is 0.355 e. The Bertz CT molecular complexity index is 1100. The predicted molar refractivity (Wildman–Crippen MR) is 99.1 cm³/mol. The summed E-state index contributed by atoms with van der Waals surface area (Å²) in [7, 11) is 0. The molecule has 25 heavy (non-hydrogen) atoms. The lowest BCUT2D eigenvalue weighted by atomic mass is 10.1. The normalized spacial score (nSPS) is 10.9. The number of benzene rings is 1. The summed E-state index contributed by atoms with van der Waals surface area (Å²) in [6.45, 7) is 0.0638. The number of ether oxygens (including phenoxy) is 1. The summed E-state index contributed by atoms with van der Waals surface area (Å²) in [4.78, 5) is 31.3. The van der Waals surface area contributed by atoms with Gasteiger partial charge in [0.25, 0.3) is 5.56 Å². The number of aromatic amines is 1. The Morgan fingerprint density at radius 1 is 1.20 bits per heavy atom. The number of rotatable bonds is 4. The van der Waals surface area contributed by atoms with Gasteiger partial charge in [-0.25, -0.2) is 9.78 Å². The summed E-state index contributed by atoms with van der Waals surface area (Å²) in [5.74, 6) is -0.576. The molecule has 0 unspecified atom stereocenters. The summed E-state index contributed by atoms with van der Waals surface area (Å²) in [6, 6.07) is 10.7. The molecule has 0 radical (unpaired) electrons. The molecule has 0 saturated carbocycles. The third kappa shape index (κ3) is 3.24. The zero-order valence-corrected chi connectivity index (χ0v) is 14.5. The second kappa shape index (κ2) is 6.62. The van der Waals surface area contributed by atoms with E-state index in [1.165, 1.54) is 11.3 Å². The van der Waals surface area contributed by atoms with Crippen LogP contribution in [0.3, 0.4) is 0 Å². The van der Waals surface area contributed by atoms with E-state index < -0.39 is 5.97 Å². The Hall–Kier alpha value is -2.77. The molecule has 1 N–H and O–H groups in total. The number of thiazole rings is 1. The van der Waals surface area contributed by atoms with Crippen LogP contribution in [-0.2, 0) is 11.3 Å². The van der Waals surface area contributed by atoms with E-state index in [2.05, 4.69) is 9.97 Å². The van der Waals surface area contributed by atoms with Crippen LogP contribution in [0.1, 0.15) is 16.2 Å². The van der Waals surface area contributed by atoms with E-state index in [9.17, 15) is 9.59 Å². The van der Waals surface area contributed by atoms with Crippen molar-refractivity contribution < 1.29 is 9.53 Å². The zero-order valence-electron chi connectivity index (χ0n) is 12.9. The lowest BCUT2D eigenvalue weighted by molar-refractivity contribution is 0.0461. The zero-order chi connectivity index (χ0) is 17.2. The van der Waals surface area contributed by atoms with Gasteiger partial charge in [0.05, 0.1) is 5.69 Å². The second-order valence-corrected chi connectivity index (χ2v) is 6.97. The molecule has 1 aromatic carbocycles. The molecule has 0 bridgehead atoms. The Morgan fingerprint density at radius 3 is 2.92 bits per heavy atom. The minimum absolute atomic E-state index is 0.0638. The summed E-state index contributed by atoms with van der Waals surface area (Å²) in [6.07, 6.45) is 0. The third-order valence-electron chi connectivity index (χ3n) is 3.64. The molecule has 4 rings (SSSR count). The van der Waals surface area contributed by atoms with Gasteiger partial charge in [-0.2, -0.15) is 11.3 Å². The lowest BCUT2D eigenvalue weighted by Gasteiger charge is -2.04. The van der Waals surface area contributed by atoms with Crippen molar-refractivity contribution in [3.8, 4) is 10.6 Å². The van der Waals surface area contributed by atoms with Crippen LogP contribution in [-0.4, -0.2) is 15.9 Å². The van der Waals surface area contributed by atoms with Gasteiger partial charge in [0.1, 0.15) is 17.3 Å². The van der Waals surface area contributed by atoms with Gasteiger partial charge in [-0.3, -0.25) is 4.79 Å². The van der Waals surface area contributed by atoms with Gasteiger partial charge in [0.2, 0.25) is 0 Å². The van der Waals surface area contributed by atoms with Crippen LogP contribution in [0.25, 0.3) is 21.3 Å². The summed E-state index contributed by atoms with van der Waals surface area (Å²) >= 11 is 3.11. The quantitative estimate of drug-likeness (QED) is 0.551. The largest absolute Gasteiger partial charge is 0.454 e. The number of fused-ring (bicyclic) bond motifs is 1. The summed E-state index contributed by atoms with van der Waals surface area (Å²) in [5, 5.41) is 8.02. The Kier molecular flexibility index (Phi) is 4.17. The van der Waals surface area contributed by atoms with Crippen molar-refractivity contribution in [1.29, 1.82) is 0 Å². The number of esters is 1. The number of hydrogen-bond donors (Lipinski definition) is 1. The minimum Gasteiger partial charge on any atom is -0.454 e. The first kappa shape index (κ1) is 15.7. The highest BCUT2D eigenvalue weighted by molar-refractivity contribution is 7.14. The molecule has 0 aliphatic heterocycles. The maximum absolute atomic E-state index is 12.2. The smallest absolute Gasteiger partial charge is 0.355 e. The highest BCUT2D eigenvalue weighted by Gasteiger charge is 2.12. The Morgan fingerprint density at radius 2 is 2.08 bits per heavy atom. The number of pyridine rings is 1. The third-order valence-corrected chi connectivity index (χ3v) is 5.27. The summed E-state index contributed by atoms with van der Waals surface area (Å²) in [5.41, 5.74) is 1.57. The van der Waals surface area contributed by atoms with Gasteiger partial charge in [-0.1, -0.05) is 18.2 Å². The van der Waals surface area contributed by atoms with Crippen LogP contribution in [0.4, 0.5) is 0 Å². The molecule has 0 aliphatic carbocycles. The predicted octanol–water partition coefficient (Wildman–Crippen LogP) is 4.07. The standard InChI is InChI=1S/C18H12N2O3S2/c21-16-14-4-2-1-3-11(14)7-15(20-16)18(22)23-8-13-10-25-17(19-13)12-5-6-24-9-12/h1-7,9-10H,8H2,(H,20,21). The van der Waals surface area contributed by atoms with Crippen molar-refractivity contribution in [1.82, 2.24) is 9.97 Å². The van der Waals surface area contributed by atoms with Crippen molar-refractivity contribution in [3.05, 3.63) is 74.3 Å². The molecule has 0 aliphatic rings. The summed E-state index contributed by atoms with van der Waals surface area (Å²) < 4.78 is 5.29. The average Bonchev–Trinajstić information content (AvgIpc) is 3.31. The molecule has 3 heterocycles. The van der Waals surface area contributed by atoms with Crippen molar-refractivity contribution >= 4 is 39.4 Å². The van der Waals surface area contributed by atoms with E-state index in [4.69, 9.17) is 4.74 Å². The van der Waals surface area contributed by atoms with E-state index in [1.807, 2.05) is 28.3 Å². The highest BCUT2D eigenvalue weighted by atomic mass is 32.1. The number of H-pyrrole nitrogens is 1. The van der Waals surface area contributed by atoms with E-state index >= 15 is 0 Å². The first-order valence-corrected chi connectivity index (χ1v) is 9.29. The first-order chi connectivity index (χ1) is 12.2. The fourth-order valence-corrected chi connectivity index (χ4v) is 3.95. The number of nitrogens with zero attached hydrogens (tertiary/aromatic N) is 1. The average molecular weight is 368 g/mol. The first-order valence-electron chi connectivity index (χ1n) is 7.47. The van der Waals surface area contributed by atoms with E-state index in [0.717, 1.165) is 10.6 Å². The SMILES string of the molecule is O=C(OCc1csc(-c2ccsc2)n1)c1cc2ccccc2c(=O)[nH]1. The molecule has 5 nitrogen and oxygen atoms in total. The Balaban J connectivity index is 1.50. The van der Waals surface area contributed by atoms with Crippen molar-refractivity contribution in [2.24, 2.45) is 0 Å². The number of thiophene rings is 1. The fraction of sp³-hybridized carbons (Fsp3) is 0.0556. The number of hydrogen-bond acceptors (Lipinski definition) is 6. The van der Waals surface area contributed by atoms with Gasteiger partial charge in [-0.05, 0) is 29.0 Å². The molecule has 124 valence electrons. The molecule has 3 aromatic heterocycles. The molecule has 0 fully saturated rings. The molecule has 7 heteroatoms. The lowest BCUT2D eigenvalue weighted by Crippen LogP contribution is -2.15. The molecular weight excluding hydrogens is 356 g/mol. The number of carbonyl (C=O) groups is 1. The van der Waals surface area contributed by atoms with Crippen molar-refractivity contribution in [2.45, 2.75) is 6.61 Å². The number of aromatic nitrogens is 2.